The van der Waals surface area contributed by atoms with Crippen molar-refractivity contribution in [3.8, 4) is 28.5 Å². The Hall–Kier alpha value is -4.94. The summed E-state index contributed by atoms with van der Waals surface area (Å²) in [4.78, 5) is 0. The molecule has 2 heterocycles. The topological polar surface area (TPSA) is 40.8 Å². The molecule has 5 aromatic carbocycles. The Morgan fingerprint density at radius 2 is 1.49 bits per heavy atom. The van der Waals surface area contributed by atoms with Crippen molar-refractivity contribution in [2.45, 2.75) is 33.1 Å². The van der Waals surface area contributed by atoms with Crippen molar-refractivity contribution < 1.29 is 10.4 Å². The summed E-state index contributed by atoms with van der Waals surface area (Å²) in [5.41, 5.74) is 7.71. The number of hydrogen-bond acceptors (Lipinski definition) is 2. The van der Waals surface area contributed by atoms with Gasteiger partial charge in [0, 0.05) is 28.5 Å². The lowest BCUT2D eigenvalue weighted by atomic mass is 9.83. The second-order valence-electron chi connectivity index (χ2n) is 12.0. The van der Waals surface area contributed by atoms with Crippen LogP contribution in [0, 0.1) is 18.3 Å². The fraction of sp³-hybridized carbons (Fsp3) is 0.158. The van der Waals surface area contributed by atoms with Gasteiger partial charge in [-0.1, -0.05) is 69.3 Å². The molecule has 0 atom stereocenters. The number of aromatic nitrogens is 1. The maximum atomic E-state index is 10.4. The van der Waals surface area contributed by atoms with Crippen LogP contribution >= 0.6 is 0 Å². The molecular formula is C38H31N2O+. The van der Waals surface area contributed by atoms with Gasteiger partial charge in [0.25, 0.3) is 0 Å². The van der Waals surface area contributed by atoms with Gasteiger partial charge in [-0.2, -0.15) is 5.26 Å². The number of nitriles is 1. The van der Waals surface area contributed by atoms with Crippen molar-refractivity contribution in [2.75, 3.05) is 0 Å². The molecule has 0 amide bonds. The Bertz CT molecular complexity index is 2280. The molecule has 198 valence electrons. The first kappa shape index (κ1) is 23.9. The third-order valence-corrected chi connectivity index (χ3v) is 8.33. The van der Waals surface area contributed by atoms with Crippen molar-refractivity contribution in [3.05, 3.63) is 114 Å². The van der Waals surface area contributed by atoms with Crippen molar-refractivity contribution in [3.63, 3.8) is 0 Å². The largest absolute Gasteiger partial charge is 0.454 e. The van der Waals surface area contributed by atoms with Crippen LogP contribution in [-0.2, 0) is 12.5 Å². The summed E-state index contributed by atoms with van der Waals surface area (Å²) >= 11 is 0. The van der Waals surface area contributed by atoms with Crippen LogP contribution in [0.3, 0.4) is 0 Å². The summed E-state index contributed by atoms with van der Waals surface area (Å²) in [6, 6.07) is 31.7. The average Bonchev–Trinajstić information content (AvgIpc) is 3.36. The Morgan fingerprint density at radius 1 is 0.780 bits per heavy atom. The summed E-state index contributed by atoms with van der Waals surface area (Å²) in [6.07, 6.45) is 2.04. The summed E-state index contributed by atoms with van der Waals surface area (Å²) in [5.74, 6) is 0. The Morgan fingerprint density at radius 3 is 2.24 bits per heavy atom. The van der Waals surface area contributed by atoms with Crippen LogP contribution in [-0.4, -0.2) is 0 Å². The minimum atomic E-state index is -0.0342. The highest BCUT2D eigenvalue weighted by Gasteiger charge is 2.24. The fourth-order valence-corrected chi connectivity index (χ4v) is 6.12. The maximum Gasteiger partial charge on any atom is 0.216 e. The van der Waals surface area contributed by atoms with E-state index >= 15 is 0 Å². The highest BCUT2D eigenvalue weighted by Crippen LogP contribution is 2.45. The van der Waals surface area contributed by atoms with E-state index in [4.69, 9.17) is 4.42 Å². The lowest BCUT2D eigenvalue weighted by molar-refractivity contribution is -0.660. The third-order valence-electron chi connectivity index (χ3n) is 8.33. The first-order valence-electron chi connectivity index (χ1n) is 14.5. The van der Waals surface area contributed by atoms with Gasteiger partial charge < -0.3 is 4.42 Å². The van der Waals surface area contributed by atoms with Crippen LogP contribution in [0.5, 0.6) is 0 Å². The van der Waals surface area contributed by atoms with Gasteiger partial charge in [0.1, 0.15) is 18.2 Å². The van der Waals surface area contributed by atoms with Crippen molar-refractivity contribution >= 4 is 43.5 Å². The predicted octanol–water partition coefficient (Wildman–Crippen LogP) is 9.53. The first-order chi connectivity index (χ1) is 20.2. The minimum Gasteiger partial charge on any atom is -0.454 e. The van der Waals surface area contributed by atoms with Crippen LogP contribution in [0.2, 0.25) is 0 Å². The van der Waals surface area contributed by atoms with Crippen LogP contribution in [0.4, 0.5) is 0 Å². The molecular weight excluding hydrogens is 500 g/mol. The number of furan rings is 1. The number of pyridine rings is 1. The van der Waals surface area contributed by atoms with E-state index in [2.05, 4.69) is 80.8 Å². The second-order valence-corrected chi connectivity index (χ2v) is 12.0. The van der Waals surface area contributed by atoms with Crippen LogP contribution in [0.15, 0.2) is 102 Å². The summed E-state index contributed by atoms with van der Waals surface area (Å²) < 4.78 is 18.4. The molecule has 3 nitrogen and oxygen atoms in total. The van der Waals surface area contributed by atoms with Gasteiger partial charge in [-0.05, 0) is 80.9 Å². The molecule has 0 saturated carbocycles. The molecule has 0 radical (unpaired) electrons. The molecule has 0 aliphatic rings. The smallest absolute Gasteiger partial charge is 0.216 e. The minimum absolute atomic E-state index is 0.0342. The number of aryl methyl sites for hydroxylation is 2. The van der Waals surface area contributed by atoms with Gasteiger partial charge in [-0.15, -0.1) is 0 Å². The van der Waals surface area contributed by atoms with E-state index in [-0.39, 0.29) is 5.41 Å². The van der Waals surface area contributed by atoms with Gasteiger partial charge in [-0.3, -0.25) is 0 Å². The average molecular weight is 533 g/mol. The molecule has 0 spiro atoms. The highest BCUT2D eigenvalue weighted by atomic mass is 16.3. The maximum absolute atomic E-state index is 10.4. The fourth-order valence-electron chi connectivity index (χ4n) is 6.12. The molecule has 7 rings (SSSR count). The van der Waals surface area contributed by atoms with Crippen LogP contribution in [0.1, 0.15) is 38.8 Å². The second kappa shape index (κ2) is 9.04. The number of rotatable bonds is 2. The van der Waals surface area contributed by atoms with E-state index in [0.29, 0.717) is 22.8 Å². The normalized spacial score (nSPS) is 12.3. The Kier molecular flexibility index (Phi) is 5.27. The summed E-state index contributed by atoms with van der Waals surface area (Å²) in [6.45, 7) is 8.74. The van der Waals surface area contributed by atoms with Crippen molar-refractivity contribution in [1.82, 2.24) is 0 Å². The quantitative estimate of drug-likeness (QED) is 0.164. The monoisotopic (exact) mass is 532 g/mol. The summed E-state index contributed by atoms with van der Waals surface area (Å²) in [5, 5.41) is 16.2. The van der Waals surface area contributed by atoms with Gasteiger partial charge in [0.05, 0.1) is 18.6 Å². The lowest BCUT2D eigenvalue weighted by Gasteiger charge is -2.21. The zero-order chi connectivity index (χ0) is 29.3. The first-order valence-corrected chi connectivity index (χ1v) is 14.0. The van der Waals surface area contributed by atoms with Gasteiger partial charge in [0.2, 0.25) is 5.69 Å². The lowest BCUT2D eigenvalue weighted by Crippen LogP contribution is -2.30. The van der Waals surface area contributed by atoms with Crippen LogP contribution < -0.4 is 4.57 Å². The number of benzene rings is 5. The third kappa shape index (κ3) is 3.83. The van der Waals surface area contributed by atoms with Crippen LogP contribution in [0.25, 0.3) is 65.9 Å². The molecule has 0 aliphatic heterocycles. The number of nitrogens with zero attached hydrogens (tertiary/aromatic N) is 2. The zero-order valence-electron chi connectivity index (χ0n) is 25.0. The number of fused-ring (bicyclic) bond motifs is 6. The predicted molar refractivity (Wildman–Crippen MR) is 169 cm³/mol. The van der Waals surface area contributed by atoms with E-state index < -0.39 is 0 Å². The molecule has 0 N–H and O–H groups in total. The zero-order valence-corrected chi connectivity index (χ0v) is 24.0. The Labute approximate surface area is 241 Å². The molecule has 0 bridgehead atoms. The van der Waals surface area contributed by atoms with E-state index in [1.807, 2.05) is 55.7 Å². The molecule has 41 heavy (non-hydrogen) atoms. The Balaban J connectivity index is 1.66. The van der Waals surface area contributed by atoms with Gasteiger partial charge >= 0.3 is 0 Å². The van der Waals surface area contributed by atoms with Gasteiger partial charge in [-0.25, -0.2) is 4.57 Å². The van der Waals surface area contributed by atoms with Gasteiger partial charge in [0.15, 0.2) is 6.20 Å². The van der Waals surface area contributed by atoms with Crippen molar-refractivity contribution in [1.29, 1.82) is 5.26 Å². The SMILES string of the molecule is [2H]c1c(-c2c(C#N)ccc3c2oc2c(-c4cccc[n+]4C)c(C)ccc23)c2ccc(C(C)(C)C)cc2c2ccccc12. The highest BCUT2D eigenvalue weighted by molar-refractivity contribution is 6.19. The van der Waals surface area contributed by atoms with Crippen molar-refractivity contribution in [2.24, 2.45) is 7.05 Å². The molecule has 0 fully saturated rings. The van der Waals surface area contributed by atoms with E-state index in [9.17, 15) is 6.63 Å². The molecule has 3 heteroatoms. The molecule has 0 saturated heterocycles. The molecule has 2 aromatic heterocycles. The van der Waals surface area contributed by atoms with E-state index in [0.717, 1.165) is 60.3 Å². The molecule has 7 aromatic rings. The molecule has 0 unspecified atom stereocenters. The standard InChI is InChI=1S/C38H31N2O/c1-23-13-16-29-30-17-14-25(22-39)35(37(30)41-36(29)34(23)33-12-8-9-19-40(33)5)32-20-24-10-6-7-11-27(24)31-21-26(38(2,3)4)15-18-28(31)32/h6-21H,1-5H3/q+1/i20D. The summed E-state index contributed by atoms with van der Waals surface area (Å²) in [7, 11) is 2.04. The van der Waals surface area contributed by atoms with E-state index in [1.54, 1.807) is 0 Å². The number of hydrogen-bond donors (Lipinski definition) is 0. The van der Waals surface area contributed by atoms with E-state index in [1.165, 1.54) is 5.56 Å². The molecule has 0 aliphatic carbocycles.